The van der Waals surface area contributed by atoms with Gasteiger partial charge in [-0.2, -0.15) is 0 Å². The first kappa shape index (κ1) is 14.8. The third-order valence-electron chi connectivity index (χ3n) is 3.01. The highest BCUT2D eigenvalue weighted by Gasteiger charge is 2.16. The summed E-state index contributed by atoms with van der Waals surface area (Å²) in [4.78, 5) is 8.04. The lowest BCUT2D eigenvalue weighted by molar-refractivity contribution is 0.241. The molecule has 0 aliphatic rings. The second kappa shape index (κ2) is 5.96. The summed E-state index contributed by atoms with van der Waals surface area (Å²) < 4.78 is 8.07. The van der Waals surface area contributed by atoms with Gasteiger partial charge in [-0.05, 0) is 60.7 Å². The minimum atomic E-state index is 0.114. The van der Waals surface area contributed by atoms with Gasteiger partial charge in [0.1, 0.15) is 11.6 Å². The van der Waals surface area contributed by atoms with Crippen molar-refractivity contribution in [1.29, 1.82) is 0 Å². The van der Waals surface area contributed by atoms with Gasteiger partial charge < -0.3 is 9.72 Å². The fourth-order valence-electron chi connectivity index (χ4n) is 2.17. The lowest BCUT2D eigenvalue weighted by Gasteiger charge is -2.15. The molecule has 0 aliphatic carbocycles. The number of nitrogens with one attached hydrogen (secondary N) is 1. The molecule has 3 rings (SSSR count). The van der Waals surface area contributed by atoms with Crippen LogP contribution in [0.4, 0.5) is 0 Å². The first-order valence-electron chi connectivity index (χ1n) is 6.65. The van der Waals surface area contributed by atoms with Crippen molar-refractivity contribution in [3.05, 3.63) is 44.4 Å². The zero-order valence-electron chi connectivity index (χ0n) is 11.7. The average molecular weight is 457 g/mol. The van der Waals surface area contributed by atoms with Crippen LogP contribution in [-0.2, 0) is 0 Å². The highest BCUT2D eigenvalue weighted by molar-refractivity contribution is 14.1. The number of H-pyrrole nitrogens is 1. The van der Waals surface area contributed by atoms with E-state index in [1.165, 1.54) is 0 Å². The lowest BCUT2D eigenvalue weighted by Crippen LogP contribution is -2.08. The number of ether oxygens (including phenoxy) is 1. The Hall–Kier alpha value is -1.08. The first-order valence-corrected chi connectivity index (χ1v) is 8.52. The molecule has 0 radical (unpaired) electrons. The van der Waals surface area contributed by atoms with Crippen LogP contribution < -0.4 is 4.74 Å². The monoisotopic (exact) mass is 456 g/mol. The normalized spacial score (nSPS) is 11.3. The van der Waals surface area contributed by atoms with Crippen LogP contribution in [0.2, 0.25) is 0 Å². The predicted octanol–water partition coefficient (Wildman–Crippen LogP) is 5.38. The number of aromatic nitrogens is 2. The molecule has 21 heavy (non-hydrogen) atoms. The average Bonchev–Trinajstić information content (AvgIpc) is 2.84. The Morgan fingerprint density at radius 2 is 2.00 bits per heavy atom. The van der Waals surface area contributed by atoms with Crippen molar-refractivity contribution in [2.24, 2.45) is 0 Å². The molecule has 0 fully saturated rings. The number of halogens is 2. The Bertz CT molecular complexity index is 765. The van der Waals surface area contributed by atoms with E-state index >= 15 is 0 Å². The van der Waals surface area contributed by atoms with E-state index < -0.39 is 0 Å². The van der Waals surface area contributed by atoms with Gasteiger partial charge in [-0.15, -0.1) is 0 Å². The maximum atomic E-state index is 5.99. The van der Waals surface area contributed by atoms with E-state index in [1.54, 1.807) is 0 Å². The molecule has 2 aromatic carbocycles. The van der Waals surface area contributed by atoms with Crippen LogP contribution in [0.5, 0.6) is 5.75 Å². The topological polar surface area (TPSA) is 37.9 Å². The number of nitrogens with zero attached hydrogens (tertiary/aromatic N) is 1. The Morgan fingerprint density at radius 1 is 1.24 bits per heavy atom. The van der Waals surface area contributed by atoms with E-state index in [9.17, 15) is 0 Å². The maximum Gasteiger partial charge on any atom is 0.144 e. The Morgan fingerprint density at radius 3 is 2.71 bits per heavy atom. The fourth-order valence-corrected chi connectivity index (χ4v) is 3.81. The van der Waals surface area contributed by atoms with Gasteiger partial charge in [-0.25, -0.2) is 4.98 Å². The highest BCUT2D eigenvalue weighted by Crippen LogP contribution is 2.37. The van der Waals surface area contributed by atoms with E-state index in [1.807, 2.05) is 50.2 Å². The SMILES string of the molecule is CC(C)Oc1c(I)cc(Br)cc1-c1nc2ccccc2[nH]1. The van der Waals surface area contributed by atoms with E-state index in [2.05, 4.69) is 48.5 Å². The summed E-state index contributed by atoms with van der Waals surface area (Å²) in [5.41, 5.74) is 2.95. The van der Waals surface area contributed by atoms with Crippen LogP contribution in [-0.4, -0.2) is 16.1 Å². The molecule has 1 heterocycles. The molecule has 1 aromatic heterocycles. The van der Waals surface area contributed by atoms with Crippen LogP contribution in [0.25, 0.3) is 22.4 Å². The number of aromatic amines is 1. The van der Waals surface area contributed by atoms with Crippen LogP contribution >= 0.6 is 38.5 Å². The molecule has 0 saturated carbocycles. The van der Waals surface area contributed by atoms with E-state index in [4.69, 9.17) is 4.74 Å². The summed E-state index contributed by atoms with van der Waals surface area (Å²) in [7, 11) is 0. The van der Waals surface area contributed by atoms with Crippen molar-refractivity contribution in [2.75, 3.05) is 0 Å². The molecular weight excluding hydrogens is 443 g/mol. The summed E-state index contributed by atoms with van der Waals surface area (Å²) in [6.07, 6.45) is 0.114. The van der Waals surface area contributed by atoms with Gasteiger partial charge in [0.05, 0.1) is 26.3 Å². The summed E-state index contributed by atoms with van der Waals surface area (Å²) in [5, 5.41) is 0. The smallest absolute Gasteiger partial charge is 0.144 e. The molecule has 0 spiro atoms. The Labute approximate surface area is 145 Å². The molecular formula is C16H14BrIN2O. The zero-order chi connectivity index (χ0) is 15.0. The van der Waals surface area contributed by atoms with Crippen molar-refractivity contribution in [1.82, 2.24) is 9.97 Å². The van der Waals surface area contributed by atoms with Gasteiger partial charge >= 0.3 is 0 Å². The summed E-state index contributed by atoms with van der Waals surface area (Å²) >= 11 is 5.85. The van der Waals surface area contributed by atoms with Crippen molar-refractivity contribution >= 4 is 49.6 Å². The molecule has 5 heteroatoms. The molecule has 0 aliphatic heterocycles. The van der Waals surface area contributed by atoms with E-state index in [-0.39, 0.29) is 6.10 Å². The second-order valence-electron chi connectivity index (χ2n) is 5.03. The van der Waals surface area contributed by atoms with Gasteiger partial charge in [-0.3, -0.25) is 0 Å². The number of imidazole rings is 1. The van der Waals surface area contributed by atoms with Gasteiger partial charge in [0.2, 0.25) is 0 Å². The minimum Gasteiger partial charge on any atom is -0.489 e. The number of hydrogen-bond donors (Lipinski definition) is 1. The zero-order valence-corrected chi connectivity index (χ0v) is 15.4. The Kier molecular flexibility index (Phi) is 4.21. The third kappa shape index (κ3) is 3.08. The number of rotatable bonds is 3. The van der Waals surface area contributed by atoms with E-state index in [0.29, 0.717) is 0 Å². The van der Waals surface area contributed by atoms with Crippen LogP contribution in [0, 0.1) is 3.57 Å². The van der Waals surface area contributed by atoms with Crippen molar-refractivity contribution < 1.29 is 4.74 Å². The Balaban J connectivity index is 2.20. The molecule has 0 bridgehead atoms. The highest BCUT2D eigenvalue weighted by atomic mass is 127. The number of para-hydroxylation sites is 2. The van der Waals surface area contributed by atoms with Gasteiger partial charge in [0.25, 0.3) is 0 Å². The number of benzene rings is 2. The van der Waals surface area contributed by atoms with Crippen molar-refractivity contribution in [2.45, 2.75) is 20.0 Å². The van der Waals surface area contributed by atoms with E-state index in [0.717, 1.165) is 36.2 Å². The standard InChI is InChI=1S/C16H14BrIN2O/c1-9(2)21-15-11(7-10(17)8-12(15)18)16-19-13-5-3-4-6-14(13)20-16/h3-9H,1-2H3,(H,19,20). The van der Waals surface area contributed by atoms with Gasteiger partial charge in [-0.1, -0.05) is 28.1 Å². The fraction of sp³-hybridized carbons (Fsp3) is 0.188. The van der Waals surface area contributed by atoms with Crippen LogP contribution in [0.1, 0.15) is 13.8 Å². The maximum absolute atomic E-state index is 5.99. The summed E-state index contributed by atoms with van der Waals surface area (Å²) in [6.45, 7) is 4.06. The van der Waals surface area contributed by atoms with Gasteiger partial charge in [0.15, 0.2) is 0 Å². The predicted molar refractivity (Wildman–Crippen MR) is 97.7 cm³/mol. The van der Waals surface area contributed by atoms with Gasteiger partial charge in [0, 0.05) is 4.47 Å². The van der Waals surface area contributed by atoms with Crippen molar-refractivity contribution in [3.63, 3.8) is 0 Å². The molecule has 1 N–H and O–H groups in total. The lowest BCUT2D eigenvalue weighted by atomic mass is 10.2. The molecule has 0 amide bonds. The first-order chi connectivity index (χ1) is 10.0. The molecule has 3 aromatic rings. The molecule has 108 valence electrons. The molecule has 0 unspecified atom stereocenters. The van der Waals surface area contributed by atoms with Crippen LogP contribution in [0.3, 0.4) is 0 Å². The largest absolute Gasteiger partial charge is 0.489 e. The minimum absolute atomic E-state index is 0.114. The summed E-state index contributed by atoms with van der Waals surface area (Å²) in [6, 6.07) is 12.1. The third-order valence-corrected chi connectivity index (χ3v) is 4.27. The quantitative estimate of drug-likeness (QED) is 0.537. The number of fused-ring (bicyclic) bond motifs is 1. The second-order valence-corrected chi connectivity index (χ2v) is 7.11. The molecule has 0 atom stereocenters. The summed E-state index contributed by atoms with van der Waals surface area (Å²) in [5.74, 6) is 1.69. The number of hydrogen-bond acceptors (Lipinski definition) is 2. The van der Waals surface area contributed by atoms with Crippen LogP contribution in [0.15, 0.2) is 40.9 Å². The van der Waals surface area contributed by atoms with Crippen molar-refractivity contribution in [3.8, 4) is 17.1 Å². The molecule has 3 nitrogen and oxygen atoms in total. The molecule has 0 saturated heterocycles.